The lowest BCUT2D eigenvalue weighted by Crippen LogP contribution is -2.43. The van der Waals surface area contributed by atoms with E-state index in [1.807, 2.05) is 0 Å². The minimum absolute atomic E-state index is 0.0248. The van der Waals surface area contributed by atoms with Gasteiger partial charge in [-0.05, 0) is 19.8 Å². The van der Waals surface area contributed by atoms with Crippen LogP contribution in [0.3, 0.4) is 0 Å². The quantitative estimate of drug-likeness (QED) is 0.562. The number of amides is 2. The Bertz CT molecular complexity index is 397. The Morgan fingerprint density at radius 2 is 1.71 bits per heavy atom. The largest absolute Gasteiger partial charge is 0.481 e. The molecule has 1 aliphatic rings. The molecule has 120 valence electrons. The molecule has 0 spiro atoms. The van der Waals surface area contributed by atoms with E-state index in [4.69, 9.17) is 5.21 Å². The molecule has 7 heteroatoms. The lowest BCUT2D eigenvalue weighted by Gasteiger charge is -2.32. The minimum Gasteiger partial charge on any atom is -0.481 e. The molecule has 0 aromatic rings. The van der Waals surface area contributed by atoms with E-state index in [2.05, 4.69) is 0 Å². The topological polar surface area (TPSA) is 98.2 Å². The number of carbonyl (C=O) groups excluding carboxylic acids is 2. The zero-order valence-corrected chi connectivity index (χ0v) is 12.6. The number of hydrogen-bond donors (Lipinski definition) is 2. The fourth-order valence-electron chi connectivity index (χ4n) is 2.77. The predicted octanol–water partition coefficient (Wildman–Crippen LogP) is 0.964. The molecule has 2 atom stereocenters. The summed E-state index contributed by atoms with van der Waals surface area (Å²) >= 11 is 0. The van der Waals surface area contributed by atoms with E-state index >= 15 is 0 Å². The Kier molecular flexibility index (Phi) is 6.61. The van der Waals surface area contributed by atoms with E-state index in [-0.39, 0.29) is 18.9 Å². The number of nitrogens with zero attached hydrogens (tertiary/aromatic N) is 2. The van der Waals surface area contributed by atoms with Crippen molar-refractivity contribution in [3.8, 4) is 0 Å². The van der Waals surface area contributed by atoms with E-state index in [1.54, 1.807) is 6.92 Å². The molecule has 1 aliphatic carbocycles. The summed E-state index contributed by atoms with van der Waals surface area (Å²) in [6.07, 6.45) is 2.83. The van der Waals surface area contributed by atoms with Crippen molar-refractivity contribution in [3.63, 3.8) is 0 Å². The van der Waals surface area contributed by atoms with Crippen LogP contribution in [0.4, 0.5) is 0 Å². The number of hydrogen-bond acceptors (Lipinski definition) is 4. The molecule has 0 unspecified atom stereocenters. The molecular weight excluding hydrogens is 276 g/mol. The molecule has 21 heavy (non-hydrogen) atoms. The first-order valence-electron chi connectivity index (χ1n) is 7.35. The summed E-state index contributed by atoms with van der Waals surface area (Å²) in [5, 5.41) is 18.7. The highest BCUT2D eigenvalue weighted by atomic mass is 16.5. The third-order valence-corrected chi connectivity index (χ3v) is 4.05. The Hall–Kier alpha value is -1.63. The Morgan fingerprint density at radius 3 is 2.19 bits per heavy atom. The van der Waals surface area contributed by atoms with Crippen molar-refractivity contribution in [3.05, 3.63) is 0 Å². The van der Waals surface area contributed by atoms with Crippen molar-refractivity contribution in [1.29, 1.82) is 0 Å². The van der Waals surface area contributed by atoms with E-state index < -0.39 is 23.7 Å². The summed E-state index contributed by atoms with van der Waals surface area (Å²) < 4.78 is 0. The summed E-state index contributed by atoms with van der Waals surface area (Å²) in [5.41, 5.74) is 0. The van der Waals surface area contributed by atoms with Crippen LogP contribution in [-0.2, 0) is 14.4 Å². The van der Waals surface area contributed by atoms with Crippen LogP contribution >= 0.6 is 0 Å². The van der Waals surface area contributed by atoms with Crippen LogP contribution in [0.2, 0.25) is 0 Å². The molecule has 1 fully saturated rings. The number of carboxylic acids is 1. The van der Waals surface area contributed by atoms with Gasteiger partial charge in [0, 0.05) is 26.6 Å². The normalized spacial score (nSPS) is 21.7. The van der Waals surface area contributed by atoms with Crippen LogP contribution in [0.1, 0.15) is 39.0 Å². The van der Waals surface area contributed by atoms with Crippen molar-refractivity contribution in [2.75, 3.05) is 20.1 Å². The molecule has 2 amide bonds. The third kappa shape index (κ3) is 4.70. The van der Waals surface area contributed by atoms with Crippen LogP contribution in [-0.4, -0.2) is 58.2 Å². The van der Waals surface area contributed by atoms with Gasteiger partial charge in [-0.2, -0.15) is 0 Å². The summed E-state index contributed by atoms with van der Waals surface area (Å²) in [6.45, 7) is 2.41. The Morgan fingerprint density at radius 1 is 1.14 bits per heavy atom. The van der Waals surface area contributed by atoms with E-state index in [1.165, 1.54) is 11.9 Å². The predicted molar refractivity (Wildman–Crippen MR) is 74.5 cm³/mol. The number of carboxylic acid groups (broad SMARTS) is 1. The van der Waals surface area contributed by atoms with Crippen LogP contribution < -0.4 is 0 Å². The maximum Gasteiger partial charge on any atom is 0.307 e. The number of hydroxylamine groups is 2. The van der Waals surface area contributed by atoms with Gasteiger partial charge in [-0.25, -0.2) is 5.06 Å². The van der Waals surface area contributed by atoms with Gasteiger partial charge in [0.1, 0.15) is 0 Å². The molecular formula is C14H24N2O5. The summed E-state index contributed by atoms with van der Waals surface area (Å²) in [4.78, 5) is 36.7. The van der Waals surface area contributed by atoms with Crippen LogP contribution in [0.15, 0.2) is 0 Å². The van der Waals surface area contributed by atoms with E-state index in [0.29, 0.717) is 24.4 Å². The molecule has 0 bridgehead atoms. The average Bonchev–Trinajstić information content (AvgIpc) is 2.47. The smallest absolute Gasteiger partial charge is 0.307 e. The lowest BCUT2D eigenvalue weighted by molar-refractivity contribution is -0.160. The maximum atomic E-state index is 12.5. The summed E-state index contributed by atoms with van der Waals surface area (Å²) in [6, 6.07) is 0. The second-order valence-electron chi connectivity index (χ2n) is 5.42. The second-order valence-corrected chi connectivity index (χ2v) is 5.42. The van der Waals surface area contributed by atoms with Crippen LogP contribution in [0.5, 0.6) is 0 Å². The van der Waals surface area contributed by atoms with Gasteiger partial charge in [0.05, 0.1) is 11.8 Å². The minimum atomic E-state index is -0.921. The fraction of sp³-hybridized carbons (Fsp3) is 0.786. The zero-order chi connectivity index (χ0) is 16.0. The molecule has 2 N–H and O–H groups in total. The molecule has 1 rings (SSSR count). The van der Waals surface area contributed by atoms with Gasteiger partial charge >= 0.3 is 5.97 Å². The number of carbonyl (C=O) groups is 3. The molecule has 1 saturated carbocycles. The number of aliphatic carboxylic acids is 1. The molecule has 0 radical (unpaired) electrons. The monoisotopic (exact) mass is 300 g/mol. The molecule has 0 aromatic carbocycles. The standard InChI is InChI=1S/C14H24N2O5/c1-3-16(9-8-12(17)15(2)21)13(18)10-6-4-5-7-11(10)14(19)20/h10-11,21H,3-9H2,1-2H3,(H,19,20)/t10-,11-/m1/s1. The van der Waals surface area contributed by atoms with E-state index in [9.17, 15) is 19.5 Å². The zero-order valence-electron chi connectivity index (χ0n) is 12.6. The highest BCUT2D eigenvalue weighted by Crippen LogP contribution is 2.31. The molecule has 7 nitrogen and oxygen atoms in total. The van der Waals surface area contributed by atoms with Crippen molar-refractivity contribution in [2.45, 2.75) is 39.0 Å². The van der Waals surface area contributed by atoms with Gasteiger partial charge < -0.3 is 10.0 Å². The molecule has 0 aliphatic heterocycles. The summed E-state index contributed by atoms with van der Waals surface area (Å²) in [7, 11) is 1.24. The van der Waals surface area contributed by atoms with Crippen molar-refractivity contribution < 1.29 is 24.7 Å². The third-order valence-electron chi connectivity index (χ3n) is 4.05. The fourth-order valence-corrected chi connectivity index (χ4v) is 2.77. The van der Waals surface area contributed by atoms with Gasteiger partial charge in [0.25, 0.3) is 0 Å². The van der Waals surface area contributed by atoms with Crippen molar-refractivity contribution >= 4 is 17.8 Å². The second kappa shape index (κ2) is 7.97. The Labute approximate surface area is 124 Å². The number of rotatable bonds is 6. The van der Waals surface area contributed by atoms with Gasteiger partial charge in [-0.3, -0.25) is 19.6 Å². The molecule has 0 saturated heterocycles. The van der Waals surface area contributed by atoms with Crippen LogP contribution in [0.25, 0.3) is 0 Å². The first-order chi connectivity index (χ1) is 9.88. The maximum absolute atomic E-state index is 12.5. The van der Waals surface area contributed by atoms with Gasteiger partial charge in [0.2, 0.25) is 11.8 Å². The highest BCUT2D eigenvalue weighted by molar-refractivity contribution is 5.85. The van der Waals surface area contributed by atoms with Gasteiger partial charge in [-0.1, -0.05) is 12.8 Å². The Balaban J connectivity index is 2.68. The molecule has 0 heterocycles. The highest BCUT2D eigenvalue weighted by Gasteiger charge is 2.37. The SMILES string of the molecule is CCN(CCC(=O)N(C)O)C(=O)[C@@H]1CCCC[C@H]1C(=O)O. The van der Waals surface area contributed by atoms with Crippen molar-refractivity contribution in [2.24, 2.45) is 11.8 Å². The molecule has 0 aromatic heterocycles. The van der Waals surface area contributed by atoms with Gasteiger partial charge in [0.15, 0.2) is 0 Å². The average molecular weight is 300 g/mol. The van der Waals surface area contributed by atoms with Crippen LogP contribution in [0, 0.1) is 11.8 Å². The van der Waals surface area contributed by atoms with Gasteiger partial charge in [-0.15, -0.1) is 0 Å². The first-order valence-corrected chi connectivity index (χ1v) is 7.35. The van der Waals surface area contributed by atoms with Crippen molar-refractivity contribution in [1.82, 2.24) is 9.96 Å². The summed E-state index contributed by atoms with van der Waals surface area (Å²) in [5.74, 6) is -2.72. The lowest BCUT2D eigenvalue weighted by atomic mass is 9.78. The van der Waals surface area contributed by atoms with E-state index in [0.717, 1.165) is 12.8 Å². The first kappa shape index (κ1) is 17.4.